The van der Waals surface area contributed by atoms with Crippen LogP contribution in [0.1, 0.15) is 18.4 Å². The van der Waals surface area contributed by atoms with Crippen LogP contribution in [-0.2, 0) is 17.8 Å². The Morgan fingerprint density at radius 1 is 0.967 bits per heavy atom. The Morgan fingerprint density at radius 3 is 2.53 bits per heavy atom. The summed E-state index contributed by atoms with van der Waals surface area (Å²) in [4.78, 5) is 33.4. The van der Waals surface area contributed by atoms with E-state index < -0.39 is 0 Å². The maximum atomic E-state index is 12.5. The zero-order valence-corrected chi connectivity index (χ0v) is 17.0. The number of nitrogens with zero attached hydrogens (tertiary/aromatic N) is 6. The number of benzene rings is 1. The molecule has 0 aliphatic carbocycles. The second-order valence-electron chi connectivity index (χ2n) is 7.57. The maximum Gasteiger partial charge on any atom is 0.277 e. The molecule has 1 saturated heterocycles. The van der Waals surface area contributed by atoms with Gasteiger partial charge in [0.05, 0.1) is 5.39 Å². The third kappa shape index (κ3) is 4.88. The van der Waals surface area contributed by atoms with Crippen LogP contribution in [0, 0.1) is 0 Å². The minimum Gasteiger partial charge on any atom is -0.340 e. The molecule has 1 amide bonds. The predicted molar refractivity (Wildman–Crippen MR) is 114 cm³/mol. The summed E-state index contributed by atoms with van der Waals surface area (Å²) >= 11 is 0. The van der Waals surface area contributed by atoms with Gasteiger partial charge in [-0.1, -0.05) is 17.3 Å². The molecule has 0 spiro atoms. The highest BCUT2D eigenvalue weighted by atomic mass is 16.2. The molecule has 8 heteroatoms. The van der Waals surface area contributed by atoms with Crippen molar-refractivity contribution in [2.45, 2.75) is 25.8 Å². The predicted octanol–water partition coefficient (Wildman–Crippen LogP) is 1.35. The van der Waals surface area contributed by atoms with Crippen molar-refractivity contribution in [3.63, 3.8) is 0 Å². The van der Waals surface area contributed by atoms with Crippen LogP contribution in [-0.4, -0.2) is 68.4 Å². The molecule has 0 saturated carbocycles. The molecule has 3 heterocycles. The molecule has 0 atom stereocenters. The summed E-state index contributed by atoms with van der Waals surface area (Å²) in [6.45, 7) is 4.69. The van der Waals surface area contributed by atoms with Crippen molar-refractivity contribution in [3.8, 4) is 0 Å². The summed E-state index contributed by atoms with van der Waals surface area (Å²) in [5.74, 6) is 0.144. The van der Waals surface area contributed by atoms with Crippen LogP contribution in [0.25, 0.3) is 10.9 Å². The Kier molecular flexibility index (Phi) is 6.44. The molecular weight excluding hydrogens is 380 g/mol. The quantitative estimate of drug-likeness (QED) is 0.589. The molecule has 156 valence electrons. The van der Waals surface area contributed by atoms with Crippen molar-refractivity contribution in [2.75, 3.05) is 32.7 Å². The smallest absolute Gasteiger partial charge is 0.277 e. The highest BCUT2D eigenvalue weighted by molar-refractivity contribution is 5.77. The van der Waals surface area contributed by atoms with E-state index in [0.29, 0.717) is 30.3 Å². The van der Waals surface area contributed by atoms with E-state index in [1.54, 1.807) is 12.1 Å². The highest BCUT2D eigenvalue weighted by Gasteiger charge is 2.20. The molecule has 3 aromatic rings. The zero-order valence-electron chi connectivity index (χ0n) is 17.0. The average Bonchev–Trinajstić information content (AvgIpc) is 2.80. The minimum absolute atomic E-state index is 0.144. The van der Waals surface area contributed by atoms with Crippen LogP contribution < -0.4 is 5.56 Å². The van der Waals surface area contributed by atoms with E-state index in [-0.39, 0.29) is 11.5 Å². The van der Waals surface area contributed by atoms with Gasteiger partial charge in [0.25, 0.3) is 5.56 Å². The van der Waals surface area contributed by atoms with E-state index in [4.69, 9.17) is 0 Å². The van der Waals surface area contributed by atoms with Crippen LogP contribution in [0.2, 0.25) is 0 Å². The van der Waals surface area contributed by atoms with Crippen LogP contribution in [0.4, 0.5) is 0 Å². The van der Waals surface area contributed by atoms with Gasteiger partial charge >= 0.3 is 0 Å². The first-order chi connectivity index (χ1) is 14.7. The van der Waals surface area contributed by atoms with E-state index in [0.717, 1.165) is 39.1 Å². The number of carbonyl (C=O) groups excluding carboxylic acids is 1. The Labute approximate surface area is 175 Å². The van der Waals surface area contributed by atoms with E-state index in [9.17, 15) is 9.59 Å². The van der Waals surface area contributed by atoms with Gasteiger partial charge in [-0.25, -0.2) is 4.68 Å². The number of rotatable bonds is 7. The molecule has 4 rings (SSSR count). The summed E-state index contributed by atoms with van der Waals surface area (Å²) in [7, 11) is 0. The van der Waals surface area contributed by atoms with Crippen LogP contribution in [0.3, 0.4) is 0 Å². The first-order valence-electron chi connectivity index (χ1n) is 10.4. The molecule has 1 fully saturated rings. The van der Waals surface area contributed by atoms with Gasteiger partial charge < -0.3 is 4.90 Å². The fourth-order valence-electron chi connectivity index (χ4n) is 3.77. The Bertz CT molecular complexity index is 1040. The first kappa shape index (κ1) is 20.2. The number of aryl methyl sites for hydroxylation is 1. The van der Waals surface area contributed by atoms with Gasteiger partial charge in [-0.05, 0) is 42.7 Å². The molecule has 8 nitrogen and oxygen atoms in total. The van der Waals surface area contributed by atoms with Crippen molar-refractivity contribution in [3.05, 3.63) is 64.7 Å². The van der Waals surface area contributed by atoms with Crippen molar-refractivity contribution in [1.29, 1.82) is 0 Å². The summed E-state index contributed by atoms with van der Waals surface area (Å²) in [5, 5.41) is 8.63. The number of aromatic nitrogens is 4. The normalized spacial score (nSPS) is 14.9. The lowest BCUT2D eigenvalue weighted by Crippen LogP contribution is -2.49. The van der Waals surface area contributed by atoms with Crippen LogP contribution in [0.15, 0.2) is 53.6 Å². The van der Waals surface area contributed by atoms with E-state index in [1.807, 2.05) is 41.6 Å². The largest absolute Gasteiger partial charge is 0.340 e. The zero-order chi connectivity index (χ0) is 20.8. The SMILES string of the molecule is O=C(CCCn1nnc2ccccc2c1=O)N1CCN(CCc2ccncc2)CC1. The second-order valence-corrected chi connectivity index (χ2v) is 7.57. The molecule has 0 bridgehead atoms. The van der Waals surface area contributed by atoms with Gasteiger partial charge in [-0.15, -0.1) is 5.10 Å². The second kappa shape index (κ2) is 9.58. The van der Waals surface area contributed by atoms with Gasteiger partial charge in [0.1, 0.15) is 5.52 Å². The van der Waals surface area contributed by atoms with E-state index >= 15 is 0 Å². The summed E-state index contributed by atoms with van der Waals surface area (Å²) in [5.41, 5.74) is 1.73. The van der Waals surface area contributed by atoms with E-state index in [1.165, 1.54) is 10.2 Å². The minimum atomic E-state index is -0.157. The molecule has 1 aromatic carbocycles. The average molecular weight is 406 g/mol. The van der Waals surface area contributed by atoms with Gasteiger partial charge in [0, 0.05) is 58.1 Å². The third-order valence-electron chi connectivity index (χ3n) is 5.58. The molecular formula is C22H26N6O2. The van der Waals surface area contributed by atoms with Crippen molar-refractivity contribution >= 4 is 16.8 Å². The molecule has 2 aromatic heterocycles. The van der Waals surface area contributed by atoms with Crippen LogP contribution >= 0.6 is 0 Å². The fraction of sp³-hybridized carbons (Fsp3) is 0.409. The van der Waals surface area contributed by atoms with Crippen LogP contribution in [0.5, 0.6) is 0 Å². The Hall–Kier alpha value is -3.13. The summed E-state index contributed by atoms with van der Waals surface area (Å²) in [6.07, 6.45) is 5.64. The van der Waals surface area contributed by atoms with E-state index in [2.05, 4.69) is 20.2 Å². The highest BCUT2D eigenvalue weighted by Crippen LogP contribution is 2.08. The molecule has 0 unspecified atom stereocenters. The standard InChI is InChI=1S/C22H26N6O2/c29-21(6-3-12-28-22(30)19-4-1-2-5-20(19)24-25-28)27-16-14-26(15-17-27)13-9-18-7-10-23-11-8-18/h1-2,4-5,7-8,10-11H,3,6,9,12-17H2. The van der Waals surface area contributed by atoms with Crippen molar-refractivity contribution in [2.24, 2.45) is 0 Å². The number of pyridine rings is 1. The first-order valence-corrected chi connectivity index (χ1v) is 10.4. The summed E-state index contributed by atoms with van der Waals surface area (Å²) < 4.78 is 1.35. The fourth-order valence-corrected chi connectivity index (χ4v) is 3.77. The monoisotopic (exact) mass is 406 g/mol. The Morgan fingerprint density at radius 2 is 1.73 bits per heavy atom. The van der Waals surface area contributed by atoms with Crippen molar-refractivity contribution in [1.82, 2.24) is 29.8 Å². The van der Waals surface area contributed by atoms with Gasteiger partial charge in [-0.3, -0.25) is 19.5 Å². The summed E-state index contributed by atoms with van der Waals surface area (Å²) in [6, 6.07) is 11.3. The molecule has 30 heavy (non-hydrogen) atoms. The molecule has 0 radical (unpaired) electrons. The number of fused-ring (bicyclic) bond motifs is 1. The molecule has 0 N–H and O–H groups in total. The lowest BCUT2D eigenvalue weighted by atomic mass is 10.2. The molecule has 1 aliphatic heterocycles. The van der Waals surface area contributed by atoms with Gasteiger partial charge in [0.15, 0.2) is 0 Å². The Balaban J connectivity index is 1.21. The van der Waals surface area contributed by atoms with Crippen molar-refractivity contribution < 1.29 is 4.79 Å². The van der Waals surface area contributed by atoms with Gasteiger partial charge in [-0.2, -0.15) is 0 Å². The number of hydrogen-bond donors (Lipinski definition) is 0. The third-order valence-corrected chi connectivity index (χ3v) is 5.58. The molecule has 1 aliphatic rings. The maximum absolute atomic E-state index is 12.5. The topological polar surface area (TPSA) is 84.2 Å². The number of amides is 1. The number of carbonyl (C=O) groups is 1. The number of piperazine rings is 1. The van der Waals surface area contributed by atoms with Gasteiger partial charge in [0.2, 0.25) is 5.91 Å². The number of hydrogen-bond acceptors (Lipinski definition) is 6. The lowest BCUT2D eigenvalue weighted by Gasteiger charge is -2.34. The lowest BCUT2D eigenvalue weighted by molar-refractivity contribution is -0.133.